The molecule has 0 saturated carbocycles. The van der Waals surface area contributed by atoms with Crippen molar-refractivity contribution in [2.75, 3.05) is 13.7 Å². The number of aliphatic hydroxyl groups excluding tert-OH is 1. The van der Waals surface area contributed by atoms with Crippen LogP contribution in [0.1, 0.15) is 84.8 Å². The Hall–Kier alpha value is -2.62. The number of esters is 2. The standard InChI is InChI=1S/C31H44O9/c1-18(10-11-24(36-6)21-8-7-9-22(33)12-21)29-20(3)26-16-31(40-29)30(4,5)15-19(2)25(39-31)14-28(35)37-23(17-32)13-27(34)38-26/h7-9,12,18,20,23-24,26,29,32-33H,10-11,13-17H2,1-6H3/t18-,20-,23+,24-,26-,29+,31+/m0/s1. The van der Waals surface area contributed by atoms with Crippen LogP contribution in [0, 0.1) is 17.3 Å². The van der Waals surface area contributed by atoms with Gasteiger partial charge in [0.1, 0.15) is 30.1 Å². The number of benzene rings is 1. The van der Waals surface area contributed by atoms with Crippen molar-refractivity contribution in [3.63, 3.8) is 0 Å². The Labute approximate surface area is 236 Å². The van der Waals surface area contributed by atoms with Gasteiger partial charge >= 0.3 is 11.9 Å². The largest absolute Gasteiger partial charge is 0.508 e. The minimum absolute atomic E-state index is 0.0428. The van der Waals surface area contributed by atoms with Crippen molar-refractivity contribution in [2.24, 2.45) is 17.3 Å². The third-order valence-electron chi connectivity index (χ3n) is 8.86. The van der Waals surface area contributed by atoms with Crippen LogP contribution in [-0.4, -0.2) is 60.0 Å². The van der Waals surface area contributed by atoms with Crippen LogP contribution in [-0.2, 0) is 33.3 Å². The van der Waals surface area contributed by atoms with Crippen molar-refractivity contribution >= 4 is 11.9 Å². The van der Waals surface area contributed by atoms with Gasteiger partial charge in [0.2, 0.25) is 5.79 Å². The molecule has 222 valence electrons. The van der Waals surface area contributed by atoms with E-state index in [4.69, 9.17) is 23.7 Å². The molecule has 3 heterocycles. The van der Waals surface area contributed by atoms with Gasteiger partial charge in [-0.05, 0) is 55.4 Å². The molecule has 9 heteroatoms. The summed E-state index contributed by atoms with van der Waals surface area (Å²) in [4.78, 5) is 25.7. The number of fused-ring (bicyclic) bond motifs is 2. The summed E-state index contributed by atoms with van der Waals surface area (Å²) in [5.74, 6) is -1.60. The number of phenols is 1. The van der Waals surface area contributed by atoms with Gasteiger partial charge in [-0.3, -0.25) is 9.59 Å². The minimum Gasteiger partial charge on any atom is -0.508 e. The number of hydrogen-bond acceptors (Lipinski definition) is 9. The summed E-state index contributed by atoms with van der Waals surface area (Å²) in [7, 11) is 1.66. The van der Waals surface area contributed by atoms with Gasteiger partial charge < -0.3 is 33.9 Å². The summed E-state index contributed by atoms with van der Waals surface area (Å²) in [6, 6.07) is 7.09. The molecule has 4 rings (SSSR count). The molecule has 7 atom stereocenters. The highest BCUT2D eigenvalue weighted by molar-refractivity contribution is 5.74. The lowest BCUT2D eigenvalue weighted by molar-refractivity contribution is -0.352. The van der Waals surface area contributed by atoms with Gasteiger partial charge in [0.15, 0.2) is 0 Å². The molecule has 0 aliphatic carbocycles. The fraction of sp³-hybridized carbons (Fsp3) is 0.677. The molecule has 9 nitrogen and oxygen atoms in total. The zero-order valence-corrected chi connectivity index (χ0v) is 24.5. The van der Waals surface area contributed by atoms with Crippen molar-refractivity contribution in [1.29, 1.82) is 0 Å². The highest BCUT2D eigenvalue weighted by atomic mass is 16.7. The van der Waals surface area contributed by atoms with Gasteiger partial charge in [0, 0.05) is 18.4 Å². The number of ether oxygens (including phenoxy) is 5. The van der Waals surface area contributed by atoms with E-state index in [2.05, 4.69) is 20.8 Å². The van der Waals surface area contributed by atoms with Crippen molar-refractivity contribution in [1.82, 2.24) is 0 Å². The number of hydrogen-bond donors (Lipinski definition) is 2. The summed E-state index contributed by atoms with van der Waals surface area (Å²) >= 11 is 0. The zero-order chi connectivity index (χ0) is 29.2. The van der Waals surface area contributed by atoms with Gasteiger partial charge in [-0.1, -0.05) is 39.8 Å². The quantitative estimate of drug-likeness (QED) is 0.446. The maximum absolute atomic E-state index is 13.0. The summed E-state index contributed by atoms with van der Waals surface area (Å²) in [5.41, 5.74) is 1.37. The van der Waals surface area contributed by atoms with E-state index in [9.17, 15) is 19.8 Å². The number of allylic oxidation sites excluding steroid dienone is 1. The van der Waals surface area contributed by atoms with Crippen molar-refractivity contribution in [2.45, 2.75) is 103 Å². The molecule has 2 saturated heterocycles. The van der Waals surface area contributed by atoms with Gasteiger partial charge in [-0.25, -0.2) is 0 Å². The Balaban J connectivity index is 1.63. The van der Waals surface area contributed by atoms with Crippen LogP contribution in [0.15, 0.2) is 35.6 Å². The van der Waals surface area contributed by atoms with Crippen LogP contribution < -0.4 is 0 Å². The minimum atomic E-state index is -1.11. The van der Waals surface area contributed by atoms with E-state index in [0.29, 0.717) is 25.0 Å². The molecular formula is C31H44O9. The molecule has 0 aromatic heterocycles. The van der Waals surface area contributed by atoms with Crippen LogP contribution in [0.5, 0.6) is 5.75 Å². The Morgan fingerprint density at radius 3 is 2.58 bits per heavy atom. The number of methoxy groups -OCH3 is 1. The van der Waals surface area contributed by atoms with Crippen LogP contribution in [0.2, 0.25) is 0 Å². The molecular weight excluding hydrogens is 516 g/mol. The number of rotatable bonds is 7. The van der Waals surface area contributed by atoms with Gasteiger partial charge in [0.25, 0.3) is 0 Å². The molecule has 3 bridgehead atoms. The SMILES string of the molecule is CO[C@@H](CC[C@H](C)[C@H]1O[C@]23C[C@H](OC(=O)C[C@H](CO)OC(=O)CC(=C(C)CC2(C)C)O3)[C@@H]1C)c1cccc(O)c1. The van der Waals surface area contributed by atoms with Crippen molar-refractivity contribution in [3.05, 3.63) is 41.2 Å². The highest BCUT2D eigenvalue weighted by Crippen LogP contribution is 2.54. The maximum atomic E-state index is 13.0. The van der Waals surface area contributed by atoms with E-state index in [-0.39, 0.29) is 42.6 Å². The number of aliphatic hydroxyl groups is 1. The third kappa shape index (κ3) is 6.31. The second-order valence-electron chi connectivity index (χ2n) is 12.3. The van der Waals surface area contributed by atoms with Crippen molar-refractivity contribution < 1.29 is 43.5 Å². The first kappa shape index (κ1) is 30.3. The molecule has 2 fully saturated rings. The maximum Gasteiger partial charge on any atom is 0.313 e. The molecule has 3 aliphatic heterocycles. The topological polar surface area (TPSA) is 121 Å². The zero-order valence-electron chi connectivity index (χ0n) is 24.5. The molecule has 1 aromatic rings. The molecule has 0 radical (unpaired) electrons. The van der Waals surface area contributed by atoms with E-state index in [1.54, 1.807) is 25.3 Å². The predicted octanol–water partition coefficient (Wildman–Crippen LogP) is 4.95. The monoisotopic (exact) mass is 560 g/mol. The van der Waals surface area contributed by atoms with E-state index < -0.39 is 42.0 Å². The third-order valence-corrected chi connectivity index (χ3v) is 8.86. The van der Waals surface area contributed by atoms with Crippen LogP contribution in [0.4, 0.5) is 0 Å². The van der Waals surface area contributed by atoms with E-state index >= 15 is 0 Å². The molecule has 3 aliphatic rings. The lowest BCUT2D eigenvalue weighted by Crippen LogP contribution is -2.62. The number of carbonyl (C=O) groups excluding carboxylic acids is 2. The van der Waals surface area contributed by atoms with Crippen molar-refractivity contribution in [3.8, 4) is 5.75 Å². The first-order chi connectivity index (χ1) is 18.9. The smallest absolute Gasteiger partial charge is 0.313 e. The predicted molar refractivity (Wildman–Crippen MR) is 146 cm³/mol. The first-order valence-electron chi connectivity index (χ1n) is 14.2. The van der Waals surface area contributed by atoms with Crippen LogP contribution >= 0.6 is 0 Å². The number of carbonyl (C=O) groups is 2. The second kappa shape index (κ2) is 12.1. The fourth-order valence-corrected chi connectivity index (χ4v) is 6.46. The summed E-state index contributed by atoms with van der Waals surface area (Å²) in [5, 5.41) is 19.7. The molecule has 1 aromatic carbocycles. The number of phenolic OH excluding ortho intramolecular Hbond substituents is 1. The number of cyclic esters (lactones) is 1. The Morgan fingerprint density at radius 2 is 1.90 bits per heavy atom. The van der Waals surface area contributed by atoms with Crippen LogP contribution in [0.25, 0.3) is 0 Å². The Bertz CT molecular complexity index is 1110. The molecule has 40 heavy (non-hydrogen) atoms. The summed E-state index contributed by atoms with van der Waals surface area (Å²) in [6.45, 7) is 9.79. The average Bonchev–Trinajstić information content (AvgIpc) is 2.88. The van der Waals surface area contributed by atoms with Gasteiger partial charge in [-0.2, -0.15) is 0 Å². The van der Waals surface area contributed by atoms with E-state index in [1.165, 1.54) is 0 Å². The number of aromatic hydroxyl groups is 1. The average molecular weight is 561 g/mol. The molecule has 1 spiro atoms. The van der Waals surface area contributed by atoms with Crippen LogP contribution in [0.3, 0.4) is 0 Å². The van der Waals surface area contributed by atoms with Gasteiger partial charge in [0.05, 0.1) is 31.7 Å². The van der Waals surface area contributed by atoms with E-state index in [1.807, 2.05) is 19.9 Å². The molecule has 2 N–H and O–H groups in total. The van der Waals surface area contributed by atoms with Gasteiger partial charge in [-0.15, -0.1) is 0 Å². The normalized spacial score (nSPS) is 32.1. The van der Waals surface area contributed by atoms with E-state index in [0.717, 1.165) is 17.6 Å². The molecule has 0 unspecified atom stereocenters. The second-order valence-corrected chi connectivity index (χ2v) is 12.3. The summed E-state index contributed by atoms with van der Waals surface area (Å²) < 4.78 is 30.7. The highest BCUT2D eigenvalue weighted by Gasteiger charge is 2.59. The Morgan fingerprint density at radius 1 is 1.15 bits per heavy atom. The Kier molecular flexibility index (Phi) is 9.17. The fourth-order valence-electron chi connectivity index (χ4n) is 6.46. The lowest BCUT2D eigenvalue weighted by atomic mass is 9.69. The summed E-state index contributed by atoms with van der Waals surface area (Å²) in [6.07, 6.45) is 0.119. The lowest BCUT2D eigenvalue weighted by Gasteiger charge is -2.57. The molecule has 0 amide bonds. The first-order valence-corrected chi connectivity index (χ1v) is 14.2.